The summed E-state index contributed by atoms with van der Waals surface area (Å²) in [6, 6.07) is 4.05. The van der Waals surface area contributed by atoms with Crippen molar-refractivity contribution in [1.82, 2.24) is 14.9 Å². The highest BCUT2D eigenvalue weighted by Gasteiger charge is 2.31. The Morgan fingerprint density at radius 3 is 2.28 bits per heavy atom. The number of piperazine rings is 1. The molecule has 1 aliphatic carbocycles. The summed E-state index contributed by atoms with van der Waals surface area (Å²) in [5.74, 6) is 0.358. The fourth-order valence-corrected chi connectivity index (χ4v) is 4.23. The maximum Gasteiger partial charge on any atom is 0.225 e. The Labute approximate surface area is 170 Å². The van der Waals surface area contributed by atoms with Crippen molar-refractivity contribution in [2.45, 2.75) is 18.9 Å². The van der Waals surface area contributed by atoms with E-state index in [9.17, 15) is 4.39 Å². The average Bonchev–Trinajstić information content (AvgIpc) is 3.62. The van der Waals surface area contributed by atoms with Crippen LogP contribution in [0.3, 0.4) is 0 Å². The van der Waals surface area contributed by atoms with Gasteiger partial charge in [0.1, 0.15) is 5.82 Å². The van der Waals surface area contributed by atoms with Gasteiger partial charge in [0, 0.05) is 68.8 Å². The Balaban J connectivity index is 1.32. The highest BCUT2D eigenvalue weighted by molar-refractivity contribution is 5.77. The van der Waals surface area contributed by atoms with Crippen molar-refractivity contribution in [1.29, 1.82) is 0 Å². The van der Waals surface area contributed by atoms with Gasteiger partial charge in [-0.1, -0.05) is 0 Å². The molecule has 2 aromatic rings. The lowest BCUT2D eigenvalue weighted by atomic mass is 10.1. The first-order valence-corrected chi connectivity index (χ1v) is 10.4. The highest BCUT2D eigenvalue weighted by Crippen LogP contribution is 2.34. The van der Waals surface area contributed by atoms with Crippen molar-refractivity contribution >= 4 is 17.3 Å². The van der Waals surface area contributed by atoms with E-state index in [2.05, 4.69) is 24.7 Å². The summed E-state index contributed by atoms with van der Waals surface area (Å²) in [6.45, 7) is 6.69. The molecule has 3 aliphatic rings. The van der Waals surface area contributed by atoms with Crippen molar-refractivity contribution in [2.24, 2.45) is 0 Å². The summed E-state index contributed by atoms with van der Waals surface area (Å²) in [7, 11) is 0. The van der Waals surface area contributed by atoms with Crippen molar-refractivity contribution < 1.29 is 9.13 Å². The number of benzene rings is 1. The summed E-state index contributed by atoms with van der Waals surface area (Å²) >= 11 is 0. The van der Waals surface area contributed by atoms with Crippen LogP contribution in [0.15, 0.2) is 24.5 Å². The molecule has 2 aliphatic heterocycles. The van der Waals surface area contributed by atoms with E-state index in [0.717, 1.165) is 51.0 Å². The SMILES string of the molecule is Nc1cc(-c2cnc(N3CCOCC3)nc2)c(F)cc1N1CCN(C2CC2)CC1. The minimum absolute atomic E-state index is 0.290. The maximum absolute atomic E-state index is 15.0. The zero-order valence-electron chi connectivity index (χ0n) is 16.6. The number of anilines is 3. The molecule has 0 atom stereocenters. The Bertz CT molecular complexity index is 858. The first-order chi connectivity index (χ1) is 14.2. The molecule has 0 amide bonds. The molecule has 2 saturated heterocycles. The van der Waals surface area contributed by atoms with Gasteiger partial charge in [-0.25, -0.2) is 14.4 Å². The molecule has 5 rings (SSSR count). The fourth-order valence-electron chi connectivity index (χ4n) is 4.23. The van der Waals surface area contributed by atoms with Crippen LogP contribution in [0.25, 0.3) is 11.1 Å². The van der Waals surface area contributed by atoms with Crippen LogP contribution in [0.2, 0.25) is 0 Å². The van der Waals surface area contributed by atoms with E-state index in [4.69, 9.17) is 10.5 Å². The first-order valence-electron chi connectivity index (χ1n) is 10.4. The first kappa shape index (κ1) is 18.6. The van der Waals surface area contributed by atoms with Crippen molar-refractivity contribution in [3.63, 3.8) is 0 Å². The molecule has 154 valence electrons. The van der Waals surface area contributed by atoms with Crippen LogP contribution in [-0.2, 0) is 4.74 Å². The average molecular weight is 398 g/mol. The van der Waals surface area contributed by atoms with Gasteiger partial charge >= 0.3 is 0 Å². The largest absolute Gasteiger partial charge is 0.397 e. The second kappa shape index (κ2) is 7.76. The second-order valence-electron chi connectivity index (χ2n) is 8.02. The molecule has 29 heavy (non-hydrogen) atoms. The molecule has 3 heterocycles. The zero-order valence-corrected chi connectivity index (χ0v) is 16.6. The van der Waals surface area contributed by atoms with Gasteiger partial charge in [-0.15, -0.1) is 0 Å². The van der Waals surface area contributed by atoms with E-state index in [1.165, 1.54) is 12.8 Å². The summed E-state index contributed by atoms with van der Waals surface area (Å²) in [5.41, 5.74) is 8.78. The highest BCUT2D eigenvalue weighted by atomic mass is 19.1. The molecule has 3 fully saturated rings. The summed E-state index contributed by atoms with van der Waals surface area (Å²) in [5, 5.41) is 0. The van der Waals surface area contributed by atoms with Gasteiger partial charge in [-0.05, 0) is 25.0 Å². The van der Waals surface area contributed by atoms with Crippen LogP contribution < -0.4 is 15.5 Å². The third kappa shape index (κ3) is 3.86. The molecule has 1 aromatic carbocycles. The van der Waals surface area contributed by atoms with Crippen LogP contribution in [0.5, 0.6) is 0 Å². The minimum atomic E-state index is -0.290. The number of nitrogen functional groups attached to an aromatic ring is 1. The van der Waals surface area contributed by atoms with E-state index >= 15 is 0 Å². The molecular formula is C21H27FN6O. The van der Waals surface area contributed by atoms with Crippen LogP contribution in [-0.4, -0.2) is 73.4 Å². The van der Waals surface area contributed by atoms with Crippen molar-refractivity contribution in [2.75, 3.05) is 68.0 Å². The number of halogens is 1. The molecule has 0 spiro atoms. The number of nitrogens with zero attached hydrogens (tertiary/aromatic N) is 5. The number of hydrogen-bond donors (Lipinski definition) is 1. The molecule has 2 N–H and O–H groups in total. The topological polar surface area (TPSA) is 70.7 Å². The van der Waals surface area contributed by atoms with E-state index in [0.29, 0.717) is 36.0 Å². The zero-order chi connectivity index (χ0) is 19.8. The molecular weight excluding hydrogens is 371 g/mol. The molecule has 1 aromatic heterocycles. The summed E-state index contributed by atoms with van der Waals surface area (Å²) < 4.78 is 20.3. The second-order valence-corrected chi connectivity index (χ2v) is 8.02. The van der Waals surface area contributed by atoms with Crippen molar-refractivity contribution in [3.05, 3.63) is 30.3 Å². The van der Waals surface area contributed by atoms with E-state index in [1.54, 1.807) is 24.5 Å². The number of ether oxygens (including phenoxy) is 1. The van der Waals surface area contributed by atoms with E-state index in [-0.39, 0.29) is 5.82 Å². The number of nitrogens with two attached hydrogens (primary N) is 1. The number of morpholine rings is 1. The standard InChI is InChI=1S/C21H27FN6O/c22-18-12-20(27-5-3-26(4-6-27)16-1-2-16)19(23)11-17(18)15-13-24-21(25-14-15)28-7-9-29-10-8-28/h11-14,16H,1-10,23H2. The van der Waals surface area contributed by atoms with Crippen molar-refractivity contribution in [3.8, 4) is 11.1 Å². The van der Waals surface area contributed by atoms with Crippen LogP contribution >= 0.6 is 0 Å². The molecule has 1 saturated carbocycles. The molecule has 7 nitrogen and oxygen atoms in total. The molecule has 0 unspecified atom stereocenters. The third-order valence-corrected chi connectivity index (χ3v) is 6.08. The number of aromatic nitrogens is 2. The van der Waals surface area contributed by atoms with Gasteiger partial charge in [0.05, 0.1) is 24.6 Å². The van der Waals surface area contributed by atoms with Gasteiger partial charge in [0.2, 0.25) is 5.95 Å². The smallest absolute Gasteiger partial charge is 0.225 e. The summed E-state index contributed by atoms with van der Waals surface area (Å²) in [4.78, 5) is 15.7. The molecule has 8 heteroatoms. The fraction of sp³-hybridized carbons (Fsp3) is 0.524. The van der Waals surface area contributed by atoms with E-state index in [1.807, 2.05) is 0 Å². The van der Waals surface area contributed by atoms with Gasteiger partial charge in [0.15, 0.2) is 0 Å². The Morgan fingerprint density at radius 2 is 1.62 bits per heavy atom. The lowest BCUT2D eigenvalue weighted by Gasteiger charge is -2.36. The van der Waals surface area contributed by atoms with Crippen LogP contribution in [0.4, 0.5) is 21.7 Å². The molecule has 0 bridgehead atoms. The van der Waals surface area contributed by atoms with Crippen LogP contribution in [0.1, 0.15) is 12.8 Å². The predicted octanol–water partition coefficient (Wildman–Crippen LogP) is 1.99. The molecule has 0 radical (unpaired) electrons. The van der Waals surface area contributed by atoms with E-state index < -0.39 is 0 Å². The number of hydrogen-bond acceptors (Lipinski definition) is 7. The Hall–Kier alpha value is -2.45. The van der Waals surface area contributed by atoms with Gasteiger partial charge in [-0.3, -0.25) is 4.90 Å². The Morgan fingerprint density at radius 1 is 0.931 bits per heavy atom. The third-order valence-electron chi connectivity index (χ3n) is 6.08. The Kier molecular flexibility index (Phi) is 4.97. The van der Waals surface area contributed by atoms with Gasteiger partial charge < -0.3 is 20.3 Å². The monoisotopic (exact) mass is 398 g/mol. The quantitative estimate of drug-likeness (QED) is 0.790. The predicted molar refractivity (Wildman–Crippen MR) is 112 cm³/mol. The minimum Gasteiger partial charge on any atom is -0.397 e. The lowest BCUT2D eigenvalue weighted by Crippen LogP contribution is -2.47. The lowest BCUT2D eigenvalue weighted by molar-refractivity contribution is 0.122. The normalized spacial score (nSPS) is 20.9. The van der Waals surface area contributed by atoms with Crippen LogP contribution in [0, 0.1) is 5.82 Å². The summed E-state index contributed by atoms with van der Waals surface area (Å²) in [6.07, 6.45) is 5.98. The maximum atomic E-state index is 15.0. The van der Waals surface area contributed by atoms with Gasteiger partial charge in [-0.2, -0.15) is 0 Å². The van der Waals surface area contributed by atoms with Gasteiger partial charge in [0.25, 0.3) is 0 Å². The number of rotatable bonds is 4.